The number of nitrogens with two attached hydrogens (primary N) is 1. The average Bonchev–Trinajstić information content (AvgIpc) is 3.24. The first kappa shape index (κ1) is 21.2. The van der Waals surface area contributed by atoms with Gasteiger partial charge in [0.05, 0.1) is 35.5 Å². The van der Waals surface area contributed by atoms with Gasteiger partial charge in [0.1, 0.15) is 10.8 Å². The number of carbonyl (C=O) groups is 2. The Balaban J connectivity index is 1.75. The summed E-state index contributed by atoms with van der Waals surface area (Å²) in [6.45, 7) is -0.170. The van der Waals surface area contributed by atoms with Crippen LogP contribution in [0.25, 0.3) is 0 Å². The molecule has 0 bridgehead atoms. The van der Waals surface area contributed by atoms with Crippen LogP contribution in [0.1, 0.15) is 10.5 Å². The summed E-state index contributed by atoms with van der Waals surface area (Å²) in [5.41, 5.74) is 6.26. The normalized spacial score (nSPS) is 11.3. The maximum Gasteiger partial charge on any atom is 0.357 e. The molecule has 0 spiro atoms. The number of aryl methyl sites for hydroxylation is 1. The van der Waals surface area contributed by atoms with Gasteiger partial charge >= 0.3 is 11.9 Å². The summed E-state index contributed by atoms with van der Waals surface area (Å²) in [4.78, 5) is 26.3. The Labute approximate surface area is 173 Å². The lowest BCUT2D eigenvalue weighted by Gasteiger charge is -2.10. The molecule has 1 aromatic carbocycles. The lowest BCUT2D eigenvalue weighted by atomic mass is 10.3. The van der Waals surface area contributed by atoms with Crippen LogP contribution in [-0.4, -0.2) is 35.0 Å². The lowest BCUT2D eigenvalue weighted by Crippen LogP contribution is -2.31. The number of carboxylic acids is 1. The molecule has 0 unspecified atom stereocenters. The van der Waals surface area contributed by atoms with E-state index in [0.29, 0.717) is 12.0 Å². The molecule has 0 fully saturated rings. The highest BCUT2D eigenvalue weighted by Crippen LogP contribution is 2.26. The SMILES string of the molecule is C[n+]1ccn(CC(=O)Nc2ccc(S(=O)(=O)Nc3scnc3C(=O)O)cc2F)c1N. The molecule has 0 atom stereocenters. The zero-order chi connectivity index (χ0) is 22.1. The van der Waals surface area contributed by atoms with Crippen molar-refractivity contribution in [1.29, 1.82) is 0 Å². The van der Waals surface area contributed by atoms with Crippen LogP contribution >= 0.6 is 11.3 Å². The molecule has 3 rings (SSSR count). The number of nitrogens with zero attached hydrogens (tertiary/aromatic N) is 3. The summed E-state index contributed by atoms with van der Waals surface area (Å²) in [7, 11) is -2.58. The Hall–Kier alpha value is -3.52. The number of anilines is 3. The van der Waals surface area contributed by atoms with Crippen molar-refractivity contribution in [3.05, 3.63) is 47.6 Å². The van der Waals surface area contributed by atoms with Crippen molar-refractivity contribution in [2.45, 2.75) is 11.4 Å². The number of aromatic nitrogens is 3. The Bertz CT molecular complexity index is 1240. The number of hydrogen-bond donors (Lipinski definition) is 4. The Morgan fingerprint density at radius 1 is 1.40 bits per heavy atom. The van der Waals surface area contributed by atoms with Crippen LogP contribution in [0.4, 0.5) is 21.0 Å². The first-order chi connectivity index (χ1) is 14.1. The van der Waals surface area contributed by atoms with Crippen molar-refractivity contribution in [1.82, 2.24) is 9.55 Å². The van der Waals surface area contributed by atoms with Crippen LogP contribution in [0.2, 0.25) is 0 Å². The predicted molar refractivity (Wildman–Crippen MR) is 105 cm³/mol. The van der Waals surface area contributed by atoms with Gasteiger partial charge in [-0.1, -0.05) is 0 Å². The molecule has 0 aliphatic rings. The van der Waals surface area contributed by atoms with Crippen molar-refractivity contribution in [2.24, 2.45) is 7.05 Å². The third kappa shape index (κ3) is 4.38. The number of imidazole rings is 1. The van der Waals surface area contributed by atoms with E-state index in [2.05, 4.69) is 15.0 Å². The van der Waals surface area contributed by atoms with Crippen molar-refractivity contribution in [3.63, 3.8) is 0 Å². The van der Waals surface area contributed by atoms with Crippen molar-refractivity contribution in [3.8, 4) is 0 Å². The zero-order valence-electron chi connectivity index (χ0n) is 15.4. The van der Waals surface area contributed by atoms with E-state index in [1.807, 2.05) is 0 Å². The van der Waals surface area contributed by atoms with Gasteiger partial charge in [-0.25, -0.2) is 31.7 Å². The highest BCUT2D eigenvalue weighted by atomic mass is 32.2. The number of amides is 1. The van der Waals surface area contributed by atoms with Gasteiger partial charge in [-0.3, -0.25) is 15.3 Å². The molecule has 0 aliphatic heterocycles. The number of halogens is 1. The standard InChI is InChI=1S/C16H15FN6O5S2/c1-22-4-5-23(16(22)18)7-12(24)20-11-3-2-9(6-10(11)17)30(27,28)21-14-13(15(25)26)19-8-29-14/h2-6,8,18,21H,7H2,1H3,(H2,20,24,25,26)/p+1. The van der Waals surface area contributed by atoms with E-state index in [1.165, 1.54) is 4.57 Å². The van der Waals surface area contributed by atoms with Gasteiger partial charge in [0.2, 0.25) is 0 Å². The third-order valence-electron chi connectivity index (χ3n) is 3.96. The summed E-state index contributed by atoms with van der Waals surface area (Å²) in [6, 6.07) is 2.88. The maximum atomic E-state index is 14.4. The van der Waals surface area contributed by atoms with Gasteiger partial charge in [0.15, 0.2) is 12.2 Å². The second kappa shape index (κ2) is 8.08. The smallest absolute Gasteiger partial charge is 0.357 e. The molecule has 3 aromatic rings. The number of carbonyl (C=O) groups excluding carboxylic acids is 1. The first-order valence-corrected chi connectivity index (χ1v) is 10.5. The second-order valence-electron chi connectivity index (χ2n) is 6.03. The topological polar surface area (TPSA) is 160 Å². The van der Waals surface area contributed by atoms with Crippen LogP contribution in [0.15, 0.2) is 41.0 Å². The van der Waals surface area contributed by atoms with Gasteiger partial charge in [-0.05, 0) is 18.2 Å². The molecule has 2 aromatic heterocycles. The summed E-state index contributed by atoms with van der Waals surface area (Å²) >= 11 is 0.772. The zero-order valence-corrected chi connectivity index (χ0v) is 17.0. The number of rotatable bonds is 7. The highest BCUT2D eigenvalue weighted by molar-refractivity contribution is 7.93. The number of thiazole rings is 1. The van der Waals surface area contributed by atoms with E-state index >= 15 is 0 Å². The molecule has 14 heteroatoms. The number of nitrogen functional groups attached to an aromatic ring is 1. The van der Waals surface area contributed by atoms with Gasteiger partial charge in [0, 0.05) is 0 Å². The first-order valence-electron chi connectivity index (χ1n) is 8.17. The van der Waals surface area contributed by atoms with E-state index in [4.69, 9.17) is 10.8 Å². The van der Waals surface area contributed by atoms with Crippen LogP contribution < -0.4 is 20.3 Å². The van der Waals surface area contributed by atoms with Gasteiger partial charge in [-0.15, -0.1) is 11.3 Å². The van der Waals surface area contributed by atoms with Crippen molar-refractivity contribution >= 4 is 49.9 Å². The summed E-state index contributed by atoms with van der Waals surface area (Å²) in [5, 5.41) is 11.1. The number of carboxylic acid groups (broad SMARTS) is 1. The molecular formula is C16H16FN6O5S2+. The maximum absolute atomic E-state index is 14.4. The van der Waals surface area contributed by atoms with Crippen LogP contribution in [0.3, 0.4) is 0 Å². The molecule has 30 heavy (non-hydrogen) atoms. The fraction of sp³-hybridized carbons (Fsp3) is 0.125. The minimum atomic E-state index is -4.28. The Kier molecular flexibility index (Phi) is 5.71. The van der Waals surface area contributed by atoms with E-state index in [-0.39, 0.29) is 17.2 Å². The van der Waals surface area contributed by atoms with Crippen molar-refractivity contribution < 1.29 is 32.1 Å². The number of hydrogen-bond acceptors (Lipinski definition) is 7. The number of nitrogens with one attached hydrogen (secondary N) is 2. The molecule has 0 saturated heterocycles. The molecular weight excluding hydrogens is 439 g/mol. The van der Waals surface area contributed by atoms with Crippen molar-refractivity contribution in [2.75, 3.05) is 15.8 Å². The predicted octanol–water partition coefficient (Wildman–Crippen LogP) is 0.628. The van der Waals surface area contributed by atoms with E-state index in [1.54, 1.807) is 24.0 Å². The fourth-order valence-electron chi connectivity index (χ4n) is 2.43. The fourth-order valence-corrected chi connectivity index (χ4v) is 4.43. The summed E-state index contributed by atoms with van der Waals surface area (Å²) in [6.07, 6.45) is 3.23. The quantitative estimate of drug-likeness (QED) is 0.380. The second-order valence-corrected chi connectivity index (χ2v) is 8.56. The van der Waals surface area contributed by atoms with Gasteiger partial charge in [-0.2, -0.15) is 0 Å². The molecule has 158 valence electrons. The van der Waals surface area contributed by atoms with E-state index in [9.17, 15) is 22.4 Å². The molecule has 0 saturated carbocycles. The number of aromatic carboxylic acids is 1. The molecule has 0 radical (unpaired) electrons. The minimum Gasteiger partial charge on any atom is -0.476 e. The summed E-state index contributed by atoms with van der Waals surface area (Å²) < 4.78 is 44.4. The molecule has 0 aliphatic carbocycles. The monoisotopic (exact) mass is 455 g/mol. The Morgan fingerprint density at radius 3 is 2.73 bits per heavy atom. The van der Waals surface area contributed by atoms with Crippen LogP contribution in [0.5, 0.6) is 0 Å². The van der Waals surface area contributed by atoms with Crippen LogP contribution in [0, 0.1) is 5.82 Å². The summed E-state index contributed by atoms with van der Waals surface area (Å²) in [5.74, 6) is -2.64. The average molecular weight is 455 g/mol. The molecule has 5 N–H and O–H groups in total. The largest absolute Gasteiger partial charge is 0.476 e. The Morgan fingerprint density at radius 2 is 2.13 bits per heavy atom. The molecule has 2 heterocycles. The number of benzene rings is 1. The molecule has 1 amide bonds. The number of sulfonamides is 1. The minimum absolute atomic E-state index is 0.170. The van der Waals surface area contributed by atoms with Gasteiger partial charge < -0.3 is 10.4 Å². The lowest BCUT2D eigenvalue weighted by molar-refractivity contribution is -0.656. The third-order valence-corrected chi connectivity index (χ3v) is 6.18. The highest BCUT2D eigenvalue weighted by Gasteiger charge is 2.22. The molecule has 11 nitrogen and oxygen atoms in total. The van der Waals surface area contributed by atoms with Gasteiger partial charge in [0.25, 0.3) is 15.9 Å². The van der Waals surface area contributed by atoms with Crippen LogP contribution in [-0.2, 0) is 28.4 Å². The van der Waals surface area contributed by atoms with E-state index < -0.39 is 38.3 Å². The van der Waals surface area contributed by atoms with E-state index in [0.717, 1.165) is 29.0 Å².